The Morgan fingerprint density at radius 1 is 1.10 bits per heavy atom. The molecular weight excluding hydrogens is 396 g/mol. The topological polar surface area (TPSA) is 73.5 Å². The smallest absolute Gasteiger partial charge is 0.317 e. The Bertz CT molecular complexity index is 655. The summed E-state index contributed by atoms with van der Waals surface area (Å²) in [5, 5.41) is 10.2. The Morgan fingerprint density at radius 2 is 1.70 bits per heavy atom. The van der Waals surface area contributed by atoms with Gasteiger partial charge in [-0.3, -0.25) is 10.1 Å². The summed E-state index contributed by atoms with van der Waals surface area (Å²) in [6.45, 7) is 5.69. The van der Waals surface area contributed by atoms with Crippen molar-refractivity contribution < 1.29 is 9.59 Å². The van der Waals surface area contributed by atoms with Crippen LogP contribution in [-0.2, 0) is 4.79 Å². The van der Waals surface area contributed by atoms with Gasteiger partial charge in [0.2, 0.25) is 5.91 Å². The van der Waals surface area contributed by atoms with Crippen LogP contribution in [0, 0.1) is 17.8 Å². The highest BCUT2D eigenvalue weighted by Crippen LogP contribution is 2.55. The predicted molar refractivity (Wildman–Crippen MR) is 120 cm³/mol. The van der Waals surface area contributed by atoms with E-state index < -0.39 is 0 Å². The standard InChI is InChI=1S/C23H38N4O2S/c1-3-15(2)24-20(28)19-14-30-23(25-19)4-6-27(7-5-23)21(29)26-22-11-16-8-17(12-22)10-18(9-16)13-22/h15-19,25H,3-14H2,1-2H3,(H,24,28)(H,26,29). The number of hydrogen-bond donors (Lipinski definition) is 3. The third-order valence-corrected chi connectivity index (χ3v) is 10.1. The lowest BCUT2D eigenvalue weighted by Gasteiger charge is -2.57. The predicted octanol–water partition coefficient (Wildman–Crippen LogP) is 3.08. The summed E-state index contributed by atoms with van der Waals surface area (Å²) in [6, 6.07) is 0.258. The van der Waals surface area contributed by atoms with Crippen molar-refractivity contribution in [2.24, 2.45) is 17.8 Å². The lowest BCUT2D eigenvalue weighted by Crippen LogP contribution is -2.63. The number of nitrogens with zero attached hydrogens (tertiary/aromatic N) is 1. The van der Waals surface area contributed by atoms with Crippen LogP contribution in [0.1, 0.15) is 71.6 Å². The van der Waals surface area contributed by atoms with Crippen molar-refractivity contribution in [1.29, 1.82) is 0 Å². The zero-order valence-corrected chi connectivity index (χ0v) is 19.4. The van der Waals surface area contributed by atoms with Crippen molar-refractivity contribution >= 4 is 23.7 Å². The molecule has 1 spiro atoms. The molecule has 3 amide bonds. The summed E-state index contributed by atoms with van der Waals surface area (Å²) in [5.41, 5.74) is 0.0838. The van der Waals surface area contributed by atoms with Gasteiger partial charge in [0.25, 0.3) is 0 Å². The van der Waals surface area contributed by atoms with E-state index in [9.17, 15) is 9.59 Å². The van der Waals surface area contributed by atoms with E-state index in [1.807, 2.05) is 16.7 Å². The van der Waals surface area contributed by atoms with Crippen LogP contribution in [0.4, 0.5) is 4.79 Å². The zero-order valence-electron chi connectivity index (χ0n) is 18.5. The Kier molecular flexibility index (Phi) is 5.49. The lowest BCUT2D eigenvalue weighted by molar-refractivity contribution is -0.123. The summed E-state index contributed by atoms with van der Waals surface area (Å²) in [7, 11) is 0. The number of hydrogen-bond acceptors (Lipinski definition) is 4. The van der Waals surface area contributed by atoms with E-state index in [0.717, 1.165) is 55.9 Å². The van der Waals surface area contributed by atoms with Gasteiger partial charge in [0.15, 0.2) is 0 Å². The molecule has 2 heterocycles. The minimum Gasteiger partial charge on any atom is -0.352 e. The molecule has 4 saturated carbocycles. The molecular formula is C23H38N4O2S. The van der Waals surface area contributed by atoms with E-state index in [0.29, 0.717) is 0 Å². The molecule has 2 saturated heterocycles. The van der Waals surface area contributed by atoms with Crippen molar-refractivity contribution in [3.05, 3.63) is 0 Å². The third-order valence-electron chi connectivity index (χ3n) is 8.55. The van der Waals surface area contributed by atoms with Crippen molar-refractivity contribution in [3.8, 4) is 0 Å². The Balaban J connectivity index is 1.13. The summed E-state index contributed by atoms with van der Waals surface area (Å²) >= 11 is 1.88. The maximum absolute atomic E-state index is 13.1. The average Bonchev–Trinajstić information content (AvgIpc) is 3.10. The number of nitrogens with one attached hydrogen (secondary N) is 3. The number of likely N-dealkylation sites (tertiary alicyclic amines) is 1. The normalized spacial score (nSPS) is 39.9. The number of carbonyl (C=O) groups excluding carboxylic acids is 2. The first-order valence-corrected chi connectivity index (χ1v) is 13.2. The molecule has 2 aliphatic heterocycles. The molecule has 4 bridgehead atoms. The fraction of sp³-hybridized carbons (Fsp3) is 0.913. The Morgan fingerprint density at radius 3 is 2.27 bits per heavy atom. The van der Waals surface area contributed by atoms with Gasteiger partial charge in [0, 0.05) is 30.4 Å². The number of rotatable bonds is 4. The van der Waals surface area contributed by atoms with E-state index in [2.05, 4.69) is 29.8 Å². The molecule has 2 atom stereocenters. The van der Waals surface area contributed by atoms with E-state index in [1.165, 1.54) is 38.5 Å². The molecule has 4 aliphatic carbocycles. The van der Waals surface area contributed by atoms with Crippen molar-refractivity contribution in [2.45, 2.75) is 94.1 Å². The maximum atomic E-state index is 13.1. The molecule has 30 heavy (non-hydrogen) atoms. The molecule has 0 aromatic heterocycles. The Labute approximate surface area is 185 Å². The lowest BCUT2D eigenvalue weighted by atomic mass is 9.53. The SMILES string of the molecule is CCC(C)NC(=O)C1CSC2(CCN(C(=O)NC34CC5CC(CC(C5)C3)C4)CC2)N1. The molecule has 0 aromatic rings. The minimum absolute atomic E-state index is 0.0467. The fourth-order valence-electron chi connectivity index (χ4n) is 7.16. The van der Waals surface area contributed by atoms with Gasteiger partial charge in [-0.2, -0.15) is 0 Å². The van der Waals surface area contributed by atoms with E-state index in [1.54, 1.807) is 0 Å². The number of amides is 3. The van der Waals surface area contributed by atoms with Gasteiger partial charge < -0.3 is 15.5 Å². The van der Waals surface area contributed by atoms with Crippen LogP contribution in [0.5, 0.6) is 0 Å². The average molecular weight is 435 g/mol. The van der Waals surface area contributed by atoms with Crippen LogP contribution in [-0.4, -0.2) is 58.2 Å². The molecule has 0 radical (unpaired) electrons. The molecule has 2 unspecified atom stereocenters. The van der Waals surface area contributed by atoms with E-state index in [4.69, 9.17) is 0 Å². The highest BCUT2D eigenvalue weighted by Gasteiger charge is 2.52. The second-order valence-electron chi connectivity index (χ2n) is 10.9. The first-order valence-electron chi connectivity index (χ1n) is 12.2. The summed E-state index contributed by atoms with van der Waals surface area (Å²) in [5.74, 6) is 3.48. The van der Waals surface area contributed by atoms with Gasteiger partial charge in [0.1, 0.15) is 0 Å². The van der Waals surface area contributed by atoms with Gasteiger partial charge in [-0.1, -0.05) is 6.92 Å². The van der Waals surface area contributed by atoms with Crippen LogP contribution in [0.15, 0.2) is 0 Å². The second kappa shape index (κ2) is 7.88. The molecule has 6 fully saturated rings. The van der Waals surface area contributed by atoms with Crippen LogP contribution < -0.4 is 16.0 Å². The van der Waals surface area contributed by atoms with E-state index >= 15 is 0 Å². The number of piperidine rings is 1. The maximum Gasteiger partial charge on any atom is 0.317 e. The Hall–Kier alpha value is -0.950. The largest absolute Gasteiger partial charge is 0.352 e. The summed E-state index contributed by atoms with van der Waals surface area (Å²) in [4.78, 5) is 27.6. The number of carbonyl (C=O) groups is 2. The second-order valence-corrected chi connectivity index (χ2v) is 12.3. The molecule has 6 aliphatic rings. The number of urea groups is 1. The van der Waals surface area contributed by atoms with Crippen molar-refractivity contribution in [3.63, 3.8) is 0 Å². The third kappa shape index (κ3) is 3.96. The summed E-state index contributed by atoms with van der Waals surface area (Å²) < 4.78 is 0. The van der Waals surface area contributed by atoms with Gasteiger partial charge in [-0.25, -0.2) is 4.79 Å². The van der Waals surface area contributed by atoms with E-state index in [-0.39, 0.29) is 34.4 Å². The van der Waals surface area contributed by atoms with Crippen molar-refractivity contribution in [2.75, 3.05) is 18.8 Å². The quantitative estimate of drug-likeness (QED) is 0.636. The van der Waals surface area contributed by atoms with Gasteiger partial charge in [-0.15, -0.1) is 11.8 Å². The zero-order chi connectivity index (χ0) is 20.9. The highest BCUT2D eigenvalue weighted by atomic mass is 32.2. The molecule has 7 heteroatoms. The van der Waals surface area contributed by atoms with Crippen LogP contribution in [0.2, 0.25) is 0 Å². The van der Waals surface area contributed by atoms with Crippen LogP contribution >= 0.6 is 11.8 Å². The molecule has 168 valence electrons. The van der Waals surface area contributed by atoms with Gasteiger partial charge in [0.05, 0.1) is 10.9 Å². The first-order chi connectivity index (χ1) is 14.4. The monoisotopic (exact) mass is 434 g/mol. The fourth-order valence-corrected chi connectivity index (χ4v) is 8.58. The molecule has 3 N–H and O–H groups in total. The van der Waals surface area contributed by atoms with Crippen LogP contribution in [0.3, 0.4) is 0 Å². The molecule has 6 rings (SSSR count). The minimum atomic E-state index is -0.114. The van der Waals surface area contributed by atoms with Crippen LogP contribution in [0.25, 0.3) is 0 Å². The molecule has 0 aromatic carbocycles. The number of thioether (sulfide) groups is 1. The highest BCUT2D eigenvalue weighted by molar-refractivity contribution is 8.01. The van der Waals surface area contributed by atoms with Gasteiger partial charge in [-0.05, 0) is 82.5 Å². The summed E-state index contributed by atoms with van der Waals surface area (Å²) in [6.07, 6.45) is 10.6. The van der Waals surface area contributed by atoms with Crippen molar-refractivity contribution in [1.82, 2.24) is 20.9 Å². The first kappa shape index (κ1) is 20.9. The van der Waals surface area contributed by atoms with Gasteiger partial charge >= 0.3 is 6.03 Å². The molecule has 6 nitrogen and oxygen atoms in total.